The van der Waals surface area contributed by atoms with Crippen LogP contribution in [0.25, 0.3) is 6.08 Å². The molecule has 2 aromatic rings. The molecule has 2 rings (SSSR count). The number of rotatable bonds is 6. The zero-order chi connectivity index (χ0) is 17.9. The van der Waals surface area contributed by atoms with E-state index in [1.165, 1.54) is 6.08 Å². The second-order valence-electron chi connectivity index (χ2n) is 6.42. The van der Waals surface area contributed by atoms with E-state index in [-0.39, 0.29) is 5.91 Å². The lowest BCUT2D eigenvalue weighted by molar-refractivity contribution is -0.125. The van der Waals surface area contributed by atoms with E-state index in [9.17, 15) is 4.79 Å². The van der Waals surface area contributed by atoms with E-state index in [2.05, 4.69) is 24.0 Å². The molecule has 0 fully saturated rings. The first-order valence-corrected chi connectivity index (χ1v) is 8.29. The van der Waals surface area contributed by atoms with Gasteiger partial charge in [0.05, 0.1) is 11.9 Å². The maximum Gasteiger partial charge on any atom is 0.246 e. The van der Waals surface area contributed by atoms with Crippen LogP contribution in [0.1, 0.15) is 30.7 Å². The average Bonchev–Trinajstić information content (AvgIpc) is 3.01. The standard InChI is InChI=1S/C17H24ClN5O/c1-12(2)9-23-17(18)15(13(3)20-23)6-7-16(24)21(4)10-14-8-19-22(5)11-14/h6-8,11-12H,9-10H2,1-5H3/b7-6+. The van der Waals surface area contributed by atoms with Gasteiger partial charge in [0.15, 0.2) is 0 Å². The van der Waals surface area contributed by atoms with E-state index in [0.29, 0.717) is 17.6 Å². The van der Waals surface area contributed by atoms with Crippen LogP contribution in [0.2, 0.25) is 5.15 Å². The normalized spacial score (nSPS) is 11.6. The minimum Gasteiger partial charge on any atom is -0.338 e. The third-order valence-electron chi connectivity index (χ3n) is 3.59. The molecular weight excluding hydrogens is 326 g/mol. The van der Waals surface area contributed by atoms with Gasteiger partial charge in [-0.3, -0.25) is 14.2 Å². The van der Waals surface area contributed by atoms with Crippen LogP contribution in [-0.2, 0) is 24.9 Å². The molecule has 0 bridgehead atoms. The van der Waals surface area contributed by atoms with Crippen molar-refractivity contribution >= 4 is 23.6 Å². The molecular formula is C17H24ClN5O. The highest BCUT2D eigenvalue weighted by molar-refractivity contribution is 6.31. The Bertz CT molecular complexity index is 744. The highest BCUT2D eigenvalue weighted by Gasteiger charge is 2.13. The number of aryl methyl sites for hydroxylation is 2. The van der Waals surface area contributed by atoms with Gasteiger partial charge in [0, 0.05) is 50.6 Å². The third kappa shape index (κ3) is 4.47. The number of carbonyl (C=O) groups excluding carboxylic acids is 1. The molecule has 0 atom stereocenters. The van der Waals surface area contributed by atoms with Crippen LogP contribution in [0.4, 0.5) is 0 Å². The number of nitrogens with zero attached hydrogens (tertiary/aromatic N) is 5. The Labute approximate surface area is 147 Å². The maximum atomic E-state index is 12.3. The molecule has 7 heteroatoms. The Morgan fingerprint density at radius 2 is 2.17 bits per heavy atom. The lowest BCUT2D eigenvalue weighted by Crippen LogP contribution is -2.23. The van der Waals surface area contributed by atoms with Crippen molar-refractivity contribution < 1.29 is 4.79 Å². The van der Waals surface area contributed by atoms with Gasteiger partial charge in [0.1, 0.15) is 5.15 Å². The number of hydrogen-bond donors (Lipinski definition) is 0. The molecule has 0 aliphatic heterocycles. The summed E-state index contributed by atoms with van der Waals surface area (Å²) in [5.74, 6) is 0.358. The fraction of sp³-hybridized carbons (Fsp3) is 0.471. The predicted octanol–water partition coefficient (Wildman–Crippen LogP) is 2.91. The van der Waals surface area contributed by atoms with Crippen molar-refractivity contribution in [1.82, 2.24) is 24.5 Å². The van der Waals surface area contributed by atoms with E-state index in [1.807, 2.05) is 20.2 Å². The first kappa shape index (κ1) is 18.3. The van der Waals surface area contributed by atoms with Gasteiger partial charge in [-0.2, -0.15) is 10.2 Å². The van der Waals surface area contributed by atoms with Crippen molar-refractivity contribution in [3.63, 3.8) is 0 Å². The Morgan fingerprint density at radius 3 is 2.75 bits per heavy atom. The number of halogens is 1. The van der Waals surface area contributed by atoms with Gasteiger partial charge in [-0.05, 0) is 18.9 Å². The molecule has 2 aromatic heterocycles. The molecule has 6 nitrogen and oxygen atoms in total. The summed E-state index contributed by atoms with van der Waals surface area (Å²) in [6, 6.07) is 0. The molecule has 1 amide bonds. The summed E-state index contributed by atoms with van der Waals surface area (Å²) in [6.07, 6.45) is 6.92. The summed E-state index contributed by atoms with van der Waals surface area (Å²) in [4.78, 5) is 13.9. The second-order valence-corrected chi connectivity index (χ2v) is 6.77. The van der Waals surface area contributed by atoms with Crippen LogP contribution in [-0.4, -0.2) is 37.4 Å². The van der Waals surface area contributed by atoms with Gasteiger partial charge in [-0.25, -0.2) is 0 Å². The molecule has 0 aliphatic rings. The predicted molar refractivity (Wildman–Crippen MR) is 95.5 cm³/mol. The summed E-state index contributed by atoms with van der Waals surface area (Å²) < 4.78 is 3.50. The Balaban J connectivity index is 2.06. The molecule has 0 saturated carbocycles. The molecule has 0 aromatic carbocycles. The van der Waals surface area contributed by atoms with Crippen LogP contribution in [0, 0.1) is 12.8 Å². The topological polar surface area (TPSA) is 56.0 Å². The minimum atomic E-state index is -0.0917. The molecule has 24 heavy (non-hydrogen) atoms. The first-order chi connectivity index (χ1) is 11.3. The SMILES string of the molecule is Cc1nn(CC(C)C)c(Cl)c1/C=C/C(=O)N(C)Cc1cnn(C)c1. The Morgan fingerprint density at radius 1 is 1.46 bits per heavy atom. The van der Waals surface area contributed by atoms with E-state index < -0.39 is 0 Å². The lowest BCUT2D eigenvalue weighted by atomic mass is 10.2. The lowest BCUT2D eigenvalue weighted by Gasteiger charge is -2.13. The van der Waals surface area contributed by atoms with Crippen molar-refractivity contribution in [2.75, 3.05) is 7.05 Å². The summed E-state index contributed by atoms with van der Waals surface area (Å²) >= 11 is 6.38. The molecule has 0 N–H and O–H groups in total. The quantitative estimate of drug-likeness (QED) is 0.753. The van der Waals surface area contributed by atoms with Crippen LogP contribution < -0.4 is 0 Å². The molecule has 0 radical (unpaired) electrons. The van der Waals surface area contributed by atoms with Gasteiger partial charge in [0.25, 0.3) is 0 Å². The number of aromatic nitrogens is 4. The van der Waals surface area contributed by atoms with E-state index in [4.69, 9.17) is 11.6 Å². The zero-order valence-electron chi connectivity index (χ0n) is 14.8. The van der Waals surface area contributed by atoms with E-state index >= 15 is 0 Å². The molecule has 2 heterocycles. The van der Waals surface area contributed by atoms with Crippen LogP contribution in [0.5, 0.6) is 0 Å². The zero-order valence-corrected chi connectivity index (χ0v) is 15.6. The molecule has 0 aliphatic carbocycles. The fourth-order valence-corrected chi connectivity index (χ4v) is 2.72. The summed E-state index contributed by atoms with van der Waals surface area (Å²) in [5, 5.41) is 9.12. The van der Waals surface area contributed by atoms with Gasteiger partial charge < -0.3 is 4.90 Å². The van der Waals surface area contributed by atoms with Crippen LogP contribution >= 0.6 is 11.6 Å². The number of carbonyl (C=O) groups is 1. The Hall–Kier alpha value is -2.08. The molecule has 0 saturated heterocycles. The van der Waals surface area contributed by atoms with Gasteiger partial charge >= 0.3 is 0 Å². The largest absolute Gasteiger partial charge is 0.338 e. The monoisotopic (exact) mass is 349 g/mol. The maximum absolute atomic E-state index is 12.3. The van der Waals surface area contributed by atoms with Crippen molar-refractivity contribution in [1.29, 1.82) is 0 Å². The van der Waals surface area contributed by atoms with Gasteiger partial charge in [-0.1, -0.05) is 25.4 Å². The van der Waals surface area contributed by atoms with Crippen molar-refractivity contribution in [3.8, 4) is 0 Å². The van der Waals surface area contributed by atoms with Gasteiger partial charge in [-0.15, -0.1) is 0 Å². The molecule has 0 unspecified atom stereocenters. The van der Waals surface area contributed by atoms with Crippen molar-refractivity contribution in [2.24, 2.45) is 13.0 Å². The highest BCUT2D eigenvalue weighted by Crippen LogP contribution is 2.22. The van der Waals surface area contributed by atoms with Gasteiger partial charge in [0.2, 0.25) is 5.91 Å². The number of likely N-dealkylation sites (N-methyl/N-ethyl adjacent to an activating group) is 1. The smallest absolute Gasteiger partial charge is 0.246 e. The summed E-state index contributed by atoms with van der Waals surface area (Å²) in [6.45, 7) is 7.38. The molecule has 130 valence electrons. The van der Waals surface area contributed by atoms with E-state index in [0.717, 1.165) is 23.4 Å². The average molecular weight is 350 g/mol. The highest BCUT2D eigenvalue weighted by atomic mass is 35.5. The van der Waals surface area contributed by atoms with Crippen molar-refractivity contribution in [2.45, 2.75) is 33.9 Å². The summed E-state index contributed by atoms with van der Waals surface area (Å²) in [5.41, 5.74) is 2.60. The van der Waals surface area contributed by atoms with Crippen molar-refractivity contribution in [3.05, 3.63) is 40.4 Å². The first-order valence-electron chi connectivity index (χ1n) is 7.91. The van der Waals surface area contributed by atoms with Crippen LogP contribution in [0.15, 0.2) is 18.5 Å². The number of amides is 1. The fourth-order valence-electron chi connectivity index (χ4n) is 2.41. The third-order valence-corrected chi connectivity index (χ3v) is 3.99. The minimum absolute atomic E-state index is 0.0917. The van der Waals surface area contributed by atoms with E-state index in [1.54, 1.807) is 33.6 Å². The molecule has 0 spiro atoms. The van der Waals surface area contributed by atoms with Crippen LogP contribution in [0.3, 0.4) is 0 Å². The number of hydrogen-bond acceptors (Lipinski definition) is 3. The summed E-state index contributed by atoms with van der Waals surface area (Å²) in [7, 11) is 3.61. The Kier molecular flexibility index (Phi) is 5.83. The second kappa shape index (κ2) is 7.66.